The first-order valence-corrected chi connectivity index (χ1v) is 13.3. The van der Waals surface area contributed by atoms with Crippen LogP contribution in [-0.4, -0.2) is 91.0 Å². The molecule has 3 aromatic rings. The lowest BCUT2D eigenvalue weighted by Gasteiger charge is -2.28. The van der Waals surface area contributed by atoms with Gasteiger partial charge in [0.2, 0.25) is 15.3 Å². The summed E-state index contributed by atoms with van der Waals surface area (Å²) in [6, 6.07) is 5.20. The van der Waals surface area contributed by atoms with Crippen LogP contribution in [0.4, 0.5) is 15.9 Å². The minimum atomic E-state index is -3.58. The van der Waals surface area contributed by atoms with E-state index in [1.165, 1.54) is 24.3 Å². The van der Waals surface area contributed by atoms with E-state index in [-0.39, 0.29) is 33.5 Å². The molecular weight excluding hydrogens is 567 g/mol. The Hall–Kier alpha value is -3.64. The maximum absolute atomic E-state index is 15.6. The predicted octanol–water partition coefficient (Wildman–Crippen LogP) is -0.0505. The van der Waals surface area contributed by atoms with Crippen molar-refractivity contribution >= 4 is 56.2 Å². The zero-order valence-corrected chi connectivity index (χ0v) is 21.3. The van der Waals surface area contributed by atoms with Crippen molar-refractivity contribution in [3.8, 4) is 0 Å². The molecule has 0 amide bonds. The van der Waals surface area contributed by atoms with Crippen LogP contribution in [0.15, 0.2) is 30.6 Å². The number of aromatic nitrogens is 4. The van der Waals surface area contributed by atoms with E-state index in [0.29, 0.717) is 0 Å². The number of imidazole rings is 1. The van der Waals surface area contributed by atoms with Gasteiger partial charge in [-0.15, -0.1) is 0 Å². The highest BCUT2D eigenvalue weighted by Gasteiger charge is 2.80. The van der Waals surface area contributed by atoms with Crippen LogP contribution in [0.3, 0.4) is 0 Å². The molecule has 15 nitrogen and oxygen atoms in total. The van der Waals surface area contributed by atoms with Gasteiger partial charge in [-0.05, 0) is 29.3 Å². The summed E-state index contributed by atoms with van der Waals surface area (Å²) < 4.78 is 52.7. The Morgan fingerprint density at radius 2 is 1.92 bits per heavy atom. The number of carboxylic acid groups (broad SMARTS) is 2. The summed E-state index contributed by atoms with van der Waals surface area (Å²) in [5.74, 6) is -3.89. The SMILES string of the molecule is CS(=O)(=O)Nc1ccc(CC(OC2[C@H]3O[C@@H](n4cnc5c(N)nc(Cl)nc54)[C@@H](F)[C@@]23O)(C(=O)O)C(=O)O)cc1. The van der Waals surface area contributed by atoms with Crippen molar-refractivity contribution in [1.29, 1.82) is 0 Å². The number of carbonyl (C=O) groups is 2. The molecule has 5 atom stereocenters. The molecule has 0 spiro atoms. The third kappa shape index (κ3) is 4.41. The Morgan fingerprint density at radius 3 is 2.46 bits per heavy atom. The molecule has 1 saturated carbocycles. The summed E-state index contributed by atoms with van der Waals surface area (Å²) >= 11 is 5.83. The van der Waals surface area contributed by atoms with Gasteiger partial charge in [-0.25, -0.2) is 27.4 Å². The van der Waals surface area contributed by atoms with Crippen molar-refractivity contribution in [3.63, 3.8) is 0 Å². The number of fused-ring (bicyclic) bond motifs is 2. The first-order valence-electron chi connectivity index (χ1n) is 11.1. The number of halogens is 2. The fourth-order valence-corrected chi connectivity index (χ4v) is 5.26. The molecule has 5 rings (SSSR count). The molecule has 2 aromatic heterocycles. The fourth-order valence-electron chi connectivity index (χ4n) is 4.53. The number of aliphatic carboxylic acids is 2. The number of aliphatic hydroxyl groups is 1. The van der Waals surface area contributed by atoms with E-state index in [1.807, 2.05) is 0 Å². The molecule has 1 aliphatic carbocycles. The number of carboxylic acids is 2. The molecular formula is C21H20ClFN6O9S. The van der Waals surface area contributed by atoms with Gasteiger partial charge in [0.25, 0.3) is 5.60 Å². The molecule has 1 saturated heterocycles. The molecule has 6 N–H and O–H groups in total. The molecule has 2 aliphatic rings. The van der Waals surface area contributed by atoms with E-state index in [4.69, 9.17) is 26.8 Å². The third-order valence-corrected chi connectivity index (χ3v) is 7.26. The second-order valence-corrected chi connectivity index (χ2v) is 11.2. The molecule has 1 aromatic carbocycles. The van der Waals surface area contributed by atoms with Crippen LogP contribution in [-0.2, 0) is 35.5 Å². The molecule has 208 valence electrons. The number of nitrogens with zero attached hydrogens (tertiary/aromatic N) is 4. The molecule has 39 heavy (non-hydrogen) atoms. The fraction of sp³-hybridized carbons (Fsp3) is 0.381. The summed E-state index contributed by atoms with van der Waals surface area (Å²) in [7, 11) is -3.58. The van der Waals surface area contributed by atoms with Gasteiger partial charge in [0.15, 0.2) is 29.5 Å². The predicted molar refractivity (Wildman–Crippen MR) is 130 cm³/mol. The monoisotopic (exact) mass is 586 g/mol. The van der Waals surface area contributed by atoms with Crippen molar-refractivity contribution in [1.82, 2.24) is 19.5 Å². The standard InChI is InChI=1S/C21H20ClFN6O9S/c1-39(35,36)28-9-4-2-8(3-5-9)6-20(17(30)31,18(32)33)38-13-12-21(13,34)11(23)16(37-12)29-7-25-10-14(24)26-19(22)27-15(10)29/h2-5,7,11-13,16,28,34H,6H2,1H3,(H,30,31)(H,32,33)(H2,24,26,27)/t11-,12-,13?,16-,21+/m1/s1. The van der Waals surface area contributed by atoms with Gasteiger partial charge in [0.1, 0.15) is 17.7 Å². The summed E-state index contributed by atoms with van der Waals surface area (Å²) in [4.78, 5) is 36.1. The Kier molecular flexibility index (Phi) is 6.18. The topological polar surface area (TPSA) is 229 Å². The second kappa shape index (κ2) is 8.95. The number of nitrogen functional groups attached to an aromatic ring is 1. The Morgan fingerprint density at radius 1 is 1.28 bits per heavy atom. The van der Waals surface area contributed by atoms with Crippen molar-refractivity contribution < 1.29 is 47.2 Å². The van der Waals surface area contributed by atoms with E-state index in [9.17, 15) is 33.3 Å². The van der Waals surface area contributed by atoms with E-state index >= 15 is 4.39 Å². The minimum Gasteiger partial charge on any atom is -0.479 e. The summed E-state index contributed by atoms with van der Waals surface area (Å²) in [5, 5.41) is 30.5. The van der Waals surface area contributed by atoms with Crippen molar-refractivity contribution in [2.75, 3.05) is 16.7 Å². The van der Waals surface area contributed by atoms with Gasteiger partial charge in [-0.2, -0.15) is 9.97 Å². The highest BCUT2D eigenvalue weighted by molar-refractivity contribution is 7.92. The van der Waals surface area contributed by atoms with Crippen LogP contribution in [0.1, 0.15) is 11.8 Å². The number of ether oxygens (including phenoxy) is 2. The van der Waals surface area contributed by atoms with Gasteiger partial charge in [0, 0.05) is 12.1 Å². The van der Waals surface area contributed by atoms with Crippen molar-refractivity contribution in [2.24, 2.45) is 0 Å². The summed E-state index contributed by atoms with van der Waals surface area (Å²) in [6.07, 6.45) is -5.45. The molecule has 0 bridgehead atoms. The third-order valence-electron chi connectivity index (χ3n) is 6.48. The molecule has 1 unspecified atom stereocenters. The average Bonchev–Trinajstić information content (AvgIpc) is 3.08. The number of hydrogen-bond donors (Lipinski definition) is 5. The van der Waals surface area contributed by atoms with Crippen LogP contribution >= 0.6 is 11.6 Å². The van der Waals surface area contributed by atoms with E-state index in [2.05, 4.69) is 19.7 Å². The first-order chi connectivity index (χ1) is 18.2. The zero-order chi connectivity index (χ0) is 28.5. The lowest BCUT2D eigenvalue weighted by atomic mass is 9.94. The lowest BCUT2D eigenvalue weighted by Crippen LogP contribution is -2.53. The van der Waals surface area contributed by atoms with Crippen LogP contribution in [0.5, 0.6) is 0 Å². The molecule has 2 fully saturated rings. The largest absolute Gasteiger partial charge is 0.479 e. The number of sulfonamides is 1. The highest BCUT2D eigenvalue weighted by atomic mass is 35.5. The number of alkyl halides is 1. The summed E-state index contributed by atoms with van der Waals surface area (Å²) in [6.45, 7) is 0. The minimum absolute atomic E-state index is 0.0155. The number of nitrogens with two attached hydrogens (primary N) is 1. The quantitative estimate of drug-likeness (QED) is 0.164. The van der Waals surface area contributed by atoms with Crippen molar-refractivity contribution in [2.45, 2.75) is 42.2 Å². The Bertz CT molecular complexity index is 1590. The van der Waals surface area contributed by atoms with E-state index < -0.39 is 64.2 Å². The van der Waals surface area contributed by atoms with E-state index in [1.54, 1.807) is 0 Å². The normalized spacial score (nSPS) is 26.4. The molecule has 18 heteroatoms. The van der Waals surface area contributed by atoms with Crippen LogP contribution < -0.4 is 10.5 Å². The van der Waals surface area contributed by atoms with Crippen LogP contribution in [0.25, 0.3) is 11.2 Å². The number of anilines is 2. The molecule has 1 aliphatic heterocycles. The first kappa shape index (κ1) is 26.9. The second-order valence-electron chi connectivity index (χ2n) is 9.16. The molecule has 3 heterocycles. The Labute approximate surface area is 223 Å². The maximum Gasteiger partial charge on any atom is 0.348 e. The van der Waals surface area contributed by atoms with Gasteiger partial charge < -0.3 is 30.5 Å². The van der Waals surface area contributed by atoms with E-state index in [0.717, 1.165) is 17.2 Å². The van der Waals surface area contributed by atoms with Gasteiger partial charge >= 0.3 is 11.9 Å². The van der Waals surface area contributed by atoms with Crippen molar-refractivity contribution in [3.05, 3.63) is 41.4 Å². The number of nitrogens with one attached hydrogen (secondary N) is 1. The maximum atomic E-state index is 15.6. The van der Waals surface area contributed by atoms with Gasteiger partial charge in [0.05, 0.1) is 12.6 Å². The lowest BCUT2D eigenvalue weighted by molar-refractivity contribution is -0.194. The smallest absolute Gasteiger partial charge is 0.348 e. The average molecular weight is 587 g/mol. The van der Waals surface area contributed by atoms with Crippen LogP contribution in [0, 0.1) is 0 Å². The molecule has 0 radical (unpaired) electrons. The highest BCUT2D eigenvalue weighted by Crippen LogP contribution is 2.58. The van der Waals surface area contributed by atoms with Gasteiger partial charge in [-0.1, -0.05) is 12.1 Å². The van der Waals surface area contributed by atoms with Gasteiger partial charge in [-0.3, -0.25) is 9.29 Å². The number of hydrogen-bond acceptors (Lipinski definition) is 11. The summed E-state index contributed by atoms with van der Waals surface area (Å²) in [5.41, 5.74) is 0.849. The number of rotatable bonds is 9. The Balaban J connectivity index is 1.38. The zero-order valence-electron chi connectivity index (χ0n) is 19.7. The van der Waals surface area contributed by atoms with Crippen LogP contribution in [0.2, 0.25) is 5.28 Å². The number of benzene rings is 1.